The highest BCUT2D eigenvalue weighted by Crippen LogP contribution is 2.12. The van der Waals surface area contributed by atoms with Crippen LogP contribution in [0.15, 0.2) is 24.3 Å². The maximum atomic E-state index is 12.6. The molecule has 0 radical (unpaired) electrons. The van der Waals surface area contributed by atoms with Crippen LogP contribution in [0.4, 0.5) is 10.1 Å². The van der Waals surface area contributed by atoms with E-state index in [-0.39, 0.29) is 5.69 Å². The number of anilines is 1. The Hall–Kier alpha value is -1.82. The van der Waals surface area contributed by atoms with Gasteiger partial charge in [-0.1, -0.05) is 6.07 Å². The van der Waals surface area contributed by atoms with Crippen molar-refractivity contribution in [1.82, 2.24) is 0 Å². The monoisotopic (exact) mass is 162 g/mol. The molecule has 0 saturated carbocycles. The number of halogens is 1. The predicted molar refractivity (Wildman–Crippen MR) is 45.5 cm³/mol. The smallest absolute Gasteiger partial charge is 0.146 e. The lowest BCUT2D eigenvalue weighted by molar-refractivity contribution is 0.632. The van der Waals surface area contributed by atoms with E-state index >= 15 is 0 Å². The van der Waals surface area contributed by atoms with E-state index in [0.29, 0.717) is 0 Å². The molecule has 0 unspecified atom stereocenters. The fourth-order valence-corrected chi connectivity index (χ4v) is 0.799. The van der Waals surface area contributed by atoms with Gasteiger partial charge >= 0.3 is 0 Å². The average Bonchev–Trinajstić information content (AvgIpc) is 2.07. The van der Waals surface area contributed by atoms with Crippen LogP contribution in [0.25, 0.3) is 6.08 Å². The number of hydrogen-bond acceptors (Lipinski definition) is 2. The van der Waals surface area contributed by atoms with Crippen LogP contribution in [0.5, 0.6) is 0 Å². The first-order chi connectivity index (χ1) is 5.74. The Morgan fingerprint density at radius 3 is 2.83 bits per heavy atom. The largest absolute Gasteiger partial charge is 0.396 e. The van der Waals surface area contributed by atoms with Crippen LogP contribution in [0.1, 0.15) is 5.56 Å². The number of benzene rings is 1. The van der Waals surface area contributed by atoms with Crippen molar-refractivity contribution in [3.63, 3.8) is 0 Å². The van der Waals surface area contributed by atoms with E-state index in [2.05, 4.69) is 0 Å². The van der Waals surface area contributed by atoms with E-state index in [1.54, 1.807) is 12.1 Å². The molecule has 0 fully saturated rings. The predicted octanol–water partition coefficient (Wildman–Crippen LogP) is 1.94. The first kappa shape index (κ1) is 8.28. The van der Waals surface area contributed by atoms with Crippen LogP contribution in [0, 0.1) is 17.1 Å². The number of rotatable bonds is 1. The Morgan fingerprint density at radius 2 is 2.25 bits per heavy atom. The lowest BCUT2D eigenvalue weighted by atomic mass is 10.2. The fraction of sp³-hybridized carbons (Fsp3) is 0. The van der Waals surface area contributed by atoms with Crippen molar-refractivity contribution in [1.29, 1.82) is 5.26 Å². The van der Waals surface area contributed by atoms with Gasteiger partial charge in [-0.05, 0) is 23.8 Å². The zero-order valence-electron chi connectivity index (χ0n) is 6.29. The maximum absolute atomic E-state index is 12.6. The molecule has 1 rings (SSSR count). The molecule has 60 valence electrons. The molecule has 0 spiro atoms. The Kier molecular flexibility index (Phi) is 2.44. The van der Waals surface area contributed by atoms with Crippen LogP contribution in [0.3, 0.4) is 0 Å². The molecule has 1 aromatic rings. The average molecular weight is 162 g/mol. The highest BCUT2D eigenvalue weighted by atomic mass is 19.1. The van der Waals surface area contributed by atoms with Crippen molar-refractivity contribution >= 4 is 11.8 Å². The number of allylic oxidation sites excluding steroid dienone is 1. The van der Waals surface area contributed by atoms with Crippen LogP contribution in [0.2, 0.25) is 0 Å². The van der Waals surface area contributed by atoms with E-state index < -0.39 is 5.82 Å². The van der Waals surface area contributed by atoms with Crippen molar-refractivity contribution in [2.45, 2.75) is 0 Å². The fourth-order valence-electron chi connectivity index (χ4n) is 0.799. The molecule has 0 atom stereocenters. The molecule has 0 aliphatic heterocycles. The van der Waals surface area contributed by atoms with Gasteiger partial charge in [0.05, 0.1) is 11.8 Å². The molecule has 2 nitrogen and oxygen atoms in total. The van der Waals surface area contributed by atoms with Crippen molar-refractivity contribution in [3.05, 3.63) is 35.7 Å². The summed E-state index contributed by atoms with van der Waals surface area (Å²) in [6, 6.07) is 6.14. The van der Waals surface area contributed by atoms with Crippen LogP contribution >= 0.6 is 0 Å². The van der Waals surface area contributed by atoms with Crippen molar-refractivity contribution in [2.24, 2.45) is 0 Å². The van der Waals surface area contributed by atoms with Gasteiger partial charge in [-0.25, -0.2) is 4.39 Å². The van der Waals surface area contributed by atoms with E-state index in [1.807, 2.05) is 6.07 Å². The third-order valence-electron chi connectivity index (χ3n) is 1.37. The first-order valence-corrected chi connectivity index (χ1v) is 3.35. The topological polar surface area (TPSA) is 49.8 Å². The standard InChI is InChI=1S/C9H7FN2/c10-8-4-3-7(2-1-5-11)6-9(8)12/h1-4,6H,12H2/b2-1+. The van der Waals surface area contributed by atoms with Gasteiger partial charge < -0.3 is 5.73 Å². The minimum atomic E-state index is -0.441. The summed E-state index contributed by atoms with van der Waals surface area (Å²) in [6.45, 7) is 0. The lowest BCUT2D eigenvalue weighted by Gasteiger charge is -1.96. The van der Waals surface area contributed by atoms with Gasteiger partial charge in [-0.3, -0.25) is 0 Å². The van der Waals surface area contributed by atoms with Crippen molar-refractivity contribution < 1.29 is 4.39 Å². The highest BCUT2D eigenvalue weighted by Gasteiger charge is 1.95. The molecule has 3 heteroatoms. The third-order valence-corrected chi connectivity index (χ3v) is 1.37. The minimum absolute atomic E-state index is 0.0927. The molecule has 0 aliphatic rings. The quantitative estimate of drug-likeness (QED) is 0.506. The summed E-state index contributed by atoms with van der Waals surface area (Å²) in [7, 11) is 0. The Balaban J connectivity index is 2.99. The molecular weight excluding hydrogens is 155 g/mol. The molecule has 0 amide bonds. The Labute approximate surface area is 69.7 Å². The molecule has 0 saturated heterocycles. The first-order valence-electron chi connectivity index (χ1n) is 3.35. The molecule has 0 heterocycles. The summed E-state index contributed by atoms with van der Waals surface area (Å²) in [4.78, 5) is 0. The van der Waals surface area contributed by atoms with Crippen LogP contribution in [-0.4, -0.2) is 0 Å². The second-order valence-corrected chi connectivity index (χ2v) is 2.24. The Bertz CT molecular complexity index is 350. The third kappa shape index (κ3) is 1.83. The zero-order chi connectivity index (χ0) is 8.97. The van der Waals surface area contributed by atoms with Gasteiger partial charge in [0.25, 0.3) is 0 Å². The summed E-state index contributed by atoms with van der Waals surface area (Å²) in [5.41, 5.74) is 6.11. The van der Waals surface area contributed by atoms with E-state index in [9.17, 15) is 4.39 Å². The second-order valence-electron chi connectivity index (χ2n) is 2.24. The molecular formula is C9H7FN2. The zero-order valence-corrected chi connectivity index (χ0v) is 6.29. The van der Waals surface area contributed by atoms with Gasteiger partial charge in [0.15, 0.2) is 0 Å². The summed E-state index contributed by atoms with van der Waals surface area (Å²) in [5, 5.41) is 8.21. The highest BCUT2D eigenvalue weighted by molar-refractivity contribution is 5.57. The summed E-state index contributed by atoms with van der Waals surface area (Å²) < 4.78 is 12.6. The van der Waals surface area contributed by atoms with Crippen molar-refractivity contribution in [3.8, 4) is 6.07 Å². The molecule has 0 aromatic heterocycles. The van der Waals surface area contributed by atoms with E-state index in [1.165, 1.54) is 18.2 Å². The van der Waals surface area contributed by atoms with E-state index in [0.717, 1.165) is 5.56 Å². The number of nitrogens with zero attached hydrogens (tertiary/aromatic N) is 1. The van der Waals surface area contributed by atoms with Crippen LogP contribution < -0.4 is 5.73 Å². The number of hydrogen-bond donors (Lipinski definition) is 1. The molecule has 2 N–H and O–H groups in total. The molecule has 0 bridgehead atoms. The van der Waals surface area contributed by atoms with Gasteiger partial charge in [-0.2, -0.15) is 5.26 Å². The second kappa shape index (κ2) is 3.54. The summed E-state index contributed by atoms with van der Waals surface area (Å²) in [5.74, 6) is -0.441. The SMILES string of the molecule is N#C/C=C/c1ccc(F)c(N)c1. The Morgan fingerprint density at radius 1 is 1.50 bits per heavy atom. The van der Waals surface area contributed by atoms with Gasteiger partial charge in [-0.15, -0.1) is 0 Å². The summed E-state index contributed by atoms with van der Waals surface area (Å²) in [6.07, 6.45) is 2.88. The normalized spacial score (nSPS) is 10.0. The number of nitrogens with two attached hydrogens (primary N) is 1. The van der Waals surface area contributed by atoms with Gasteiger partial charge in [0.2, 0.25) is 0 Å². The van der Waals surface area contributed by atoms with Gasteiger partial charge in [0, 0.05) is 6.08 Å². The number of nitrogen functional groups attached to an aromatic ring is 1. The van der Waals surface area contributed by atoms with Gasteiger partial charge in [0.1, 0.15) is 5.82 Å². The minimum Gasteiger partial charge on any atom is -0.396 e. The molecule has 0 aliphatic carbocycles. The maximum Gasteiger partial charge on any atom is 0.146 e. The van der Waals surface area contributed by atoms with Crippen LogP contribution in [-0.2, 0) is 0 Å². The van der Waals surface area contributed by atoms with Crippen molar-refractivity contribution in [2.75, 3.05) is 5.73 Å². The lowest BCUT2D eigenvalue weighted by Crippen LogP contribution is -1.89. The van der Waals surface area contributed by atoms with E-state index in [4.69, 9.17) is 11.0 Å². The molecule has 12 heavy (non-hydrogen) atoms. The number of nitriles is 1. The molecule has 1 aromatic carbocycles. The summed E-state index contributed by atoms with van der Waals surface area (Å²) >= 11 is 0.